The molecule has 1 saturated heterocycles. The maximum Gasteiger partial charge on any atom is 0.244 e. The summed E-state index contributed by atoms with van der Waals surface area (Å²) < 4.78 is 0. The molecule has 11 atom stereocenters. The molecule has 0 radical (unpaired) electrons. The number of carbonyl (C=O) groups excluding carboxylic acids is 3. The Bertz CT molecular complexity index is 831. The summed E-state index contributed by atoms with van der Waals surface area (Å²) in [6.45, 7) is 11.9. The van der Waals surface area contributed by atoms with Gasteiger partial charge in [0.05, 0.1) is 11.6 Å². The number of Topliss-reactive ketones (excluding diaryl/α,β-unsaturated/α-hetero) is 2. The van der Waals surface area contributed by atoms with E-state index in [0.29, 0.717) is 11.8 Å². The number of allylic oxidation sites excluding steroid dienone is 1. The quantitative estimate of drug-likeness (QED) is 0.539. The number of likely N-dealkylation sites (tertiary alicyclic amines) is 1. The van der Waals surface area contributed by atoms with E-state index in [4.69, 9.17) is 0 Å². The molecule has 4 rings (SSSR count). The minimum absolute atomic E-state index is 0.0306. The maximum atomic E-state index is 14.4. The largest absolute Gasteiger partial charge is 0.389 e. The number of ketones is 2. The number of likely N-dealkylation sites (N-methyl/N-ethyl adjacent to an activating group) is 1. The van der Waals surface area contributed by atoms with E-state index in [-0.39, 0.29) is 35.2 Å². The summed E-state index contributed by atoms with van der Waals surface area (Å²) >= 11 is 0. The topological polar surface area (TPSA) is 74.7 Å². The number of carbonyl (C=O) groups is 3. The van der Waals surface area contributed by atoms with Crippen LogP contribution in [0.1, 0.15) is 60.8 Å². The zero-order valence-electron chi connectivity index (χ0n) is 20.1. The van der Waals surface area contributed by atoms with Crippen molar-refractivity contribution in [3.63, 3.8) is 0 Å². The molecule has 31 heavy (non-hydrogen) atoms. The first-order chi connectivity index (χ1) is 14.4. The third-order valence-corrected chi connectivity index (χ3v) is 9.77. The van der Waals surface area contributed by atoms with Gasteiger partial charge in [-0.05, 0) is 49.4 Å². The van der Waals surface area contributed by atoms with Crippen LogP contribution in [0.4, 0.5) is 0 Å². The lowest BCUT2D eigenvalue weighted by atomic mass is 9.45. The van der Waals surface area contributed by atoms with Crippen LogP contribution < -0.4 is 0 Å². The van der Waals surface area contributed by atoms with Gasteiger partial charge < -0.3 is 10.0 Å². The lowest BCUT2D eigenvalue weighted by molar-refractivity contribution is -0.186. The molecule has 2 saturated carbocycles. The van der Waals surface area contributed by atoms with Crippen molar-refractivity contribution in [1.82, 2.24) is 4.90 Å². The molecule has 0 aromatic carbocycles. The van der Waals surface area contributed by atoms with E-state index in [1.54, 1.807) is 20.9 Å². The fourth-order valence-electron chi connectivity index (χ4n) is 7.89. The van der Waals surface area contributed by atoms with E-state index in [9.17, 15) is 19.5 Å². The van der Waals surface area contributed by atoms with Gasteiger partial charge in [0.1, 0.15) is 0 Å². The van der Waals surface area contributed by atoms with Gasteiger partial charge in [0.25, 0.3) is 0 Å². The summed E-state index contributed by atoms with van der Waals surface area (Å²) in [5.41, 5.74) is -3.06. The fourth-order valence-corrected chi connectivity index (χ4v) is 7.89. The minimum Gasteiger partial charge on any atom is -0.389 e. The van der Waals surface area contributed by atoms with Crippen LogP contribution >= 0.6 is 0 Å². The van der Waals surface area contributed by atoms with Crippen LogP contribution in [-0.2, 0) is 14.4 Å². The molecule has 172 valence electrons. The molecule has 5 nitrogen and oxygen atoms in total. The summed E-state index contributed by atoms with van der Waals surface area (Å²) in [6.07, 6.45) is 7.03. The van der Waals surface area contributed by atoms with Gasteiger partial charge in [-0.3, -0.25) is 14.4 Å². The molecule has 1 N–H and O–H groups in total. The first-order valence-corrected chi connectivity index (χ1v) is 12.2. The summed E-state index contributed by atoms with van der Waals surface area (Å²) in [7, 11) is 1.65. The summed E-state index contributed by atoms with van der Waals surface area (Å²) in [5.74, 6) is -1.30. The number of hydrogen-bond donors (Lipinski definition) is 1. The van der Waals surface area contributed by atoms with Crippen LogP contribution in [0.15, 0.2) is 12.2 Å². The van der Waals surface area contributed by atoms with Gasteiger partial charge >= 0.3 is 0 Å². The number of aliphatic hydroxyl groups is 1. The van der Waals surface area contributed by atoms with Crippen molar-refractivity contribution in [3.8, 4) is 0 Å². The average molecular weight is 430 g/mol. The van der Waals surface area contributed by atoms with Crippen molar-refractivity contribution in [1.29, 1.82) is 0 Å². The zero-order chi connectivity index (χ0) is 23.0. The SMILES string of the molecule is CCC(C)C1C(=O)C2(C(=O)C3C(C=C[C@H]4C[C@@H](C)C[C@@H](C)[C@@H]34)[C@](C)(O)[C@H]2C)C(=O)N1C. The third-order valence-electron chi connectivity index (χ3n) is 9.77. The number of fused-ring (bicyclic) bond motifs is 3. The predicted octanol–water partition coefficient (Wildman–Crippen LogP) is 3.50. The monoisotopic (exact) mass is 429 g/mol. The van der Waals surface area contributed by atoms with E-state index >= 15 is 0 Å². The minimum atomic E-state index is -1.76. The smallest absolute Gasteiger partial charge is 0.244 e. The molecule has 3 fully saturated rings. The standard InChI is InChI=1S/C26H39NO4/c1-8-14(3)21-23(29)26(24(30)27(21)7)16(5)25(6,31)18-10-9-17-12-13(2)11-15(4)19(17)20(18)22(26)28/h9-10,13-21,31H,8,11-12H2,1-7H3/t13-,14?,15+,16+,17-,18?,19+,20?,21?,25+,26?/m0/s1. The summed E-state index contributed by atoms with van der Waals surface area (Å²) in [6, 6.07) is -0.602. The van der Waals surface area contributed by atoms with Crippen molar-refractivity contribution in [2.24, 2.45) is 52.8 Å². The Morgan fingerprint density at radius 2 is 1.77 bits per heavy atom. The number of hydrogen-bond acceptors (Lipinski definition) is 4. The molecule has 1 aliphatic heterocycles. The molecule has 1 spiro atoms. The molecule has 1 amide bonds. The second kappa shape index (κ2) is 7.26. The van der Waals surface area contributed by atoms with Crippen LogP contribution in [0.5, 0.6) is 0 Å². The highest BCUT2D eigenvalue weighted by molar-refractivity contribution is 6.30. The molecule has 3 aliphatic carbocycles. The van der Waals surface area contributed by atoms with Gasteiger partial charge in [-0.2, -0.15) is 0 Å². The van der Waals surface area contributed by atoms with Gasteiger partial charge in [-0.15, -0.1) is 0 Å². The number of nitrogens with zero attached hydrogens (tertiary/aromatic N) is 1. The first-order valence-electron chi connectivity index (χ1n) is 12.2. The third kappa shape index (κ3) is 2.74. The van der Waals surface area contributed by atoms with E-state index in [1.165, 1.54) is 4.90 Å². The molecule has 0 bridgehead atoms. The maximum absolute atomic E-state index is 14.4. The molecular weight excluding hydrogens is 390 g/mol. The normalized spacial score (nSPS) is 50.6. The first kappa shape index (κ1) is 22.7. The Morgan fingerprint density at radius 1 is 1.13 bits per heavy atom. The van der Waals surface area contributed by atoms with Gasteiger partial charge in [0, 0.05) is 24.8 Å². The van der Waals surface area contributed by atoms with E-state index in [2.05, 4.69) is 19.9 Å². The molecule has 0 aromatic rings. The van der Waals surface area contributed by atoms with Gasteiger partial charge in [-0.1, -0.05) is 53.2 Å². The molecular formula is C26H39NO4. The van der Waals surface area contributed by atoms with Crippen molar-refractivity contribution < 1.29 is 19.5 Å². The van der Waals surface area contributed by atoms with Crippen molar-refractivity contribution in [2.75, 3.05) is 7.05 Å². The Labute approximate surface area is 186 Å². The van der Waals surface area contributed by atoms with Crippen molar-refractivity contribution in [2.45, 2.75) is 72.4 Å². The molecule has 0 aromatic heterocycles. The Kier molecular flexibility index (Phi) is 5.32. The van der Waals surface area contributed by atoms with E-state index < -0.39 is 34.8 Å². The Hall–Kier alpha value is -1.49. The molecule has 1 heterocycles. The lowest BCUT2D eigenvalue weighted by Gasteiger charge is -2.57. The van der Waals surface area contributed by atoms with Crippen molar-refractivity contribution >= 4 is 17.5 Å². The van der Waals surface area contributed by atoms with Crippen LogP contribution in [0.2, 0.25) is 0 Å². The van der Waals surface area contributed by atoms with Gasteiger partial charge in [0.15, 0.2) is 17.0 Å². The van der Waals surface area contributed by atoms with E-state index in [0.717, 1.165) is 19.3 Å². The van der Waals surface area contributed by atoms with E-state index in [1.807, 2.05) is 19.9 Å². The second-order valence-electron chi connectivity index (χ2n) is 11.5. The molecule has 5 unspecified atom stereocenters. The highest BCUT2D eigenvalue weighted by Crippen LogP contribution is 2.60. The number of rotatable bonds is 2. The van der Waals surface area contributed by atoms with Crippen LogP contribution in [0.3, 0.4) is 0 Å². The zero-order valence-corrected chi connectivity index (χ0v) is 20.1. The van der Waals surface area contributed by atoms with Crippen LogP contribution in [0.25, 0.3) is 0 Å². The Morgan fingerprint density at radius 3 is 2.39 bits per heavy atom. The lowest BCUT2D eigenvalue weighted by Crippen LogP contribution is -2.68. The fraction of sp³-hybridized carbons (Fsp3) is 0.808. The predicted molar refractivity (Wildman–Crippen MR) is 119 cm³/mol. The Balaban J connectivity index is 1.88. The van der Waals surface area contributed by atoms with Crippen LogP contribution in [0, 0.1) is 52.8 Å². The number of amides is 1. The molecule has 5 heteroatoms. The van der Waals surface area contributed by atoms with Gasteiger partial charge in [0.2, 0.25) is 5.91 Å². The van der Waals surface area contributed by atoms with Gasteiger partial charge in [-0.25, -0.2) is 0 Å². The highest BCUT2D eigenvalue weighted by atomic mass is 16.3. The second-order valence-corrected chi connectivity index (χ2v) is 11.5. The highest BCUT2D eigenvalue weighted by Gasteiger charge is 2.74. The molecule has 4 aliphatic rings. The summed E-state index contributed by atoms with van der Waals surface area (Å²) in [5, 5.41) is 11.8. The summed E-state index contributed by atoms with van der Waals surface area (Å²) in [4.78, 5) is 43.6. The van der Waals surface area contributed by atoms with Crippen molar-refractivity contribution in [3.05, 3.63) is 12.2 Å². The van der Waals surface area contributed by atoms with Crippen LogP contribution in [-0.4, -0.2) is 46.2 Å². The average Bonchev–Trinajstić information content (AvgIpc) is 2.90.